The van der Waals surface area contributed by atoms with Gasteiger partial charge < -0.3 is 0 Å². The summed E-state index contributed by atoms with van der Waals surface area (Å²) < 4.78 is 14.7. The van der Waals surface area contributed by atoms with Gasteiger partial charge in [0.2, 0.25) is 0 Å². The standard InChI is InChI=1S/C15H12Br2ClF/c16-9-12(10-1-4-14(18)5-2-10)7-11-8-13(17)3-6-15(11)19/h1-6,8,12H,7,9H2. The Kier molecular flexibility index (Phi) is 5.43. The molecular weight excluding hydrogens is 394 g/mol. The van der Waals surface area contributed by atoms with Crippen molar-refractivity contribution >= 4 is 43.5 Å². The van der Waals surface area contributed by atoms with Gasteiger partial charge in [-0.2, -0.15) is 0 Å². The molecule has 100 valence electrons. The highest BCUT2D eigenvalue weighted by molar-refractivity contribution is 9.10. The zero-order valence-corrected chi connectivity index (χ0v) is 14.0. The number of rotatable bonds is 4. The predicted molar refractivity (Wildman–Crippen MR) is 85.8 cm³/mol. The van der Waals surface area contributed by atoms with Gasteiger partial charge in [-0.05, 0) is 53.8 Å². The van der Waals surface area contributed by atoms with Gasteiger partial charge in [0.05, 0.1) is 0 Å². The fourth-order valence-electron chi connectivity index (χ4n) is 1.96. The van der Waals surface area contributed by atoms with Gasteiger partial charge in [-0.1, -0.05) is 55.6 Å². The van der Waals surface area contributed by atoms with Gasteiger partial charge in [0.25, 0.3) is 0 Å². The third-order valence-electron chi connectivity index (χ3n) is 3.00. The van der Waals surface area contributed by atoms with Crippen LogP contribution in [0.2, 0.25) is 5.02 Å². The zero-order valence-electron chi connectivity index (χ0n) is 10.0. The smallest absolute Gasteiger partial charge is 0.126 e. The van der Waals surface area contributed by atoms with Crippen LogP contribution in [0.4, 0.5) is 4.39 Å². The monoisotopic (exact) mass is 404 g/mol. The molecule has 0 heterocycles. The summed E-state index contributed by atoms with van der Waals surface area (Å²) in [5.74, 6) is 0.0594. The fraction of sp³-hybridized carbons (Fsp3) is 0.200. The highest BCUT2D eigenvalue weighted by Crippen LogP contribution is 2.27. The first kappa shape index (κ1) is 15.0. The molecule has 0 aliphatic rings. The summed E-state index contributed by atoms with van der Waals surface area (Å²) in [5, 5.41) is 1.49. The van der Waals surface area contributed by atoms with Crippen LogP contribution in [-0.4, -0.2) is 5.33 Å². The zero-order chi connectivity index (χ0) is 13.8. The van der Waals surface area contributed by atoms with Gasteiger partial charge in [-0.3, -0.25) is 0 Å². The molecule has 0 aliphatic carbocycles. The molecule has 0 nitrogen and oxygen atoms in total. The Balaban J connectivity index is 2.23. The average molecular weight is 407 g/mol. The molecule has 0 amide bonds. The van der Waals surface area contributed by atoms with E-state index in [1.807, 2.05) is 30.3 Å². The van der Waals surface area contributed by atoms with Crippen LogP contribution in [-0.2, 0) is 6.42 Å². The minimum Gasteiger partial charge on any atom is -0.207 e. The van der Waals surface area contributed by atoms with E-state index >= 15 is 0 Å². The number of benzene rings is 2. The molecule has 0 spiro atoms. The third-order valence-corrected chi connectivity index (χ3v) is 4.53. The number of alkyl halides is 1. The fourth-order valence-corrected chi connectivity index (χ4v) is 3.10. The second kappa shape index (κ2) is 6.87. The number of halogens is 4. The first-order valence-corrected chi connectivity index (χ1v) is 8.14. The lowest BCUT2D eigenvalue weighted by Crippen LogP contribution is -2.06. The molecular formula is C15H12Br2ClF. The second-order valence-electron chi connectivity index (χ2n) is 4.34. The Morgan fingerprint density at radius 1 is 1.11 bits per heavy atom. The average Bonchev–Trinajstić information content (AvgIpc) is 2.41. The van der Waals surface area contributed by atoms with Crippen molar-refractivity contribution in [2.45, 2.75) is 12.3 Å². The molecule has 0 saturated heterocycles. The summed E-state index contributed by atoms with van der Waals surface area (Å²) >= 11 is 12.8. The first-order chi connectivity index (χ1) is 9.10. The van der Waals surface area contributed by atoms with Crippen LogP contribution in [0.25, 0.3) is 0 Å². The van der Waals surface area contributed by atoms with Crippen molar-refractivity contribution in [2.75, 3.05) is 5.33 Å². The summed E-state index contributed by atoms with van der Waals surface area (Å²) in [6, 6.07) is 12.7. The van der Waals surface area contributed by atoms with E-state index < -0.39 is 0 Å². The van der Waals surface area contributed by atoms with E-state index in [0.29, 0.717) is 17.0 Å². The predicted octanol–water partition coefficient (Wildman–Crippen LogP) is 5.96. The van der Waals surface area contributed by atoms with E-state index in [1.165, 1.54) is 6.07 Å². The molecule has 0 aliphatic heterocycles. The topological polar surface area (TPSA) is 0 Å². The highest BCUT2D eigenvalue weighted by atomic mass is 79.9. The molecule has 19 heavy (non-hydrogen) atoms. The molecule has 1 atom stereocenters. The lowest BCUT2D eigenvalue weighted by Gasteiger charge is -2.15. The Bertz CT molecular complexity index is 555. The van der Waals surface area contributed by atoms with Crippen molar-refractivity contribution in [1.82, 2.24) is 0 Å². The molecule has 4 heteroatoms. The van der Waals surface area contributed by atoms with E-state index in [1.54, 1.807) is 6.07 Å². The lowest BCUT2D eigenvalue weighted by atomic mass is 9.93. The van der Waals surface area contributed by atoms with Crippen molar-refractivity contribution in [1.29, 1.82) is 0 Å². The maximum atomic E-state index is 13.8. The molecule has 0 bridgehead atoms. The maximum Gasteiger partial charge on any atom is 0.126 e. The molecule has 1 unspecified atom stereocenters. The van der Waals surface area contributed by atoms with Crippen molar-refractivity contribution in [3.05, 3.63) is 68.9 Å². The van der Waals surface area contributed by atoms with Crippen molar-refractivity contribution in [2.24, 2.45) is 0 Å². The largest absolute Gasteiger partial charge is 0.207 e. The molecule has 0 aromatic heterocycles. The molecule has 0 fully saturated rings. The Morgan fingerprint density at radius 2 is 1.79 bits per heavy atom. The van der Waals surface area contributed by atoms with Gasteiger partial charge in [0, 0.05) is 14.8 Å². The molecule has 0 radical (unpaired) electrons. The van der Waals surface area contributed by atoms with Gasteiger partial charge in [-0.15, -0.1) is 0 Å². The first-order valence-electron chi connectivity index (χ1n) is 5.85. The van der Waals surface area contributed by atoms with Crippen LogP contribution < -0.4 is 0 Å². The van der Waals surface area contributed by atoms with Crippen LogP contribution in [0.3, 0.4) is 0 Å². The molecule has 2 aromatic carbocycles. The van der Waals surface area contributed by atoms with Crippen LogP contribution in [0.1, 0.15) is 17.0 Å². The minimum absolute atomic E-state index is 0.164. The summed E-state index contributed by atoms with van der Waals surface area (Å²) in [7, 11) is 0. The van der Waals surface area contributed by atoms with E-state index in [9.17, 15) is 4.39 Å². The number of hydrogen-bond donors (Lipinski definition) is 0. The summed E-state index contributed by atoms with van der Waals surface area (Å²) in [6.45, 7) is 0. The van der Waals surface area contributed by atoms with Crippen LogP contribution in [0, 0.1) is 5.82 Å². The Hall–Kier alpha value is -0.380. The van der Waals surface area contributed by atoms with Crippen molar-refractivity contribution < 1.29 is 4.39 Å². The summed E-state index contributed by atoms with van der Waals surface area (Å²) in [4.78, 5) is 0. The van der Waals surface area contributed by atoms with Crippen LogP contribution in [0.5, 0.6) is 0 Å². The minimum atomic E-state index is -0.164. The normalized spacial score (nSPS) is 12.4. The Morgan fingerprint density at radius 3 is 2.42 bits per heavy atom. The summed E-state index contributed by atoms with van der Waals surface area (Å²) in [6.07, 6.45) is 0.651. The van der Waals surface area contributed by atoms with E-state index in [-0.39, 0.29) is 11.7 Å². The van der Waals surface area contributed by atoms with Crippen LogP contribution >= 0.6 is 43.5 Å². The maximum absolute atomic E-state index is 13.8. The van der Waals surface area contributed by atoms with Gasteiger partial charge >= 0.3 is 0 Å². The third kappa shape index (κ3) is 4.04. The number of hydrogen-bond acceptors (Lipinski definition) is 0. The van der Waals surface area contributed by atoms with E-state index in [2.05, 4.69) is 31.9 Å². The van der Waals surface area contributed by atoms with Gasteiger partial charge in [-0.25, -0.2) is 4.39 Å². The molecule has 2 aromatic rings. The quantitative estimate of drug-likeness (QED) is 0.550. The molecule has 0 N–H and O–H groups in total. The SMILES string of the molecule is Fc1ccc(Br)cc1CC(CBr)c1ccc(Cl)cc1. The molecule has 0 saturated carbocycles. The van der Waals surface area contributed by atoms with Gasteiger partial charge in [0.1, 0.15) is 5.82 Å². The highest BCUT2D eigenvalue weighted by Gasteiger charge is 2.14. The van der Waals surface area contributed by atoms with Crippen molar-refractivity contribution in [3.8, 4) is 0 Å². The second-order valence-corrected chi connectivity index (χ2v) is 6.34. The lowest BCUT2D eigenvalue weighted by molar-refractivity contribution is 0.599. The summed E-state index contributed by atoms with van der Waals surface area (Å²) in [5.41, 5.74) is 1.87. The Labute approximate surface area is 134 Å². The van der Waals surface area contributed by atoms with Crippen molar-refractivity contribution in [3.63, 3.8) is 0 Å². The van der Waals surface area contributed by atoms with Gasteiger partial charge in [0.15, 0.2) is 0 Å². The molecule has 2 rings (SSSR count). The van der Waals surface area contributed by atoms with E-state index in [4.69, 9.17) is 11.6 Å². The van der Waals surface area contributed by atoms with Crippen LogP contribution in [0.15, 0.2) is 46.9 Å². The van der Waals surface area contributed by atoms with E-state index in [0.717, 1.165) is 15.4 Å².